The van der Waals surface area contributed by atoms with Gasteiger partial charge in [-0.3, -0.25) is 0 Å². The van der Waals surface area contributed by atoms with E-state index in [2.05, 4.69) is 150 Å². The molecule has 1 atom stereocenters. The molecule has 6 heteroatoms. The summed E-state index contributed by atoms with van der Waals surface area (Å²) in [6, 6.07) is 66.9. The highest BCUT2D eigenvalue weighted by atomic mass is 15.0. The van der Waals surface area contributed by atoms with Crippen molar-refractivity contribution in [3.8, 4) is 69.0 Å². The molecule has 0 saturated carbocycles. The Morgan fingerprint density at radius 1 is 0.433 bits per heavy atom. The molecule has 12 rings (SSSR count). The van der Waals surface area contributed by atoms with E-state index in [1.54, 1.807) is 12.1 Å². The molecule has 6 nitrogen and oxygen atoms in total. The summed E-state index contributed by atoms with van der Waals surface area (Å²) >= 11 is 0. The van der Waals surface area contributed by atoms with Crippen molar-refractivity contribution >= 4 is 60.5 Å². The SMILES string of the molecule is CC1CC=Cc2cc3c(cc21)c1ccccc1n3-c1c(-c2ccc(C#N)cc2)c(C#N)c(-c2ccc(C#N)cc2)c(-n2c3ccccc3c3cc4ccccc4cc32)c1-c1ccc(C#N)cc1. The van der Waals surface area contributed by atoms with Crippen LogP contribution in [0, 0.1) is 45.3 Å². The largest absolute Gasteiger partial charge is 0.308 e. The molecule has 0 spiro atoms. The Labute approximate surface area is 386 Å². The molecule has 11 aromatic rings. The van der Waals surface area contributed by atoms with Gasteiger partial charge in [0.25, 0.3) is 0 Å². The average molecular weight is 853 g/mol. The van der Waals surface area contributed by atoms with Crippen LogP contribution in [0.15, 0.2) is 176 Å². The van der Waals surface area contributed by atoms with Gasteiger partial charge in [-0.25, -0.2) is 0 Å². The second kappa shape index (κ2) is 15.4. The van der Waals surface area contributed by atoms with Crippen LogP contribution in [0.25, 0.3) is 105 Å². The van der Waals surface area contributed by atoms with Crippen molar-refractivity contribution in [2.45, 2.75) is 19.3 Å². The van der Waals surface area contributed by atoms with Crippen LogP contribution in [0.5, 0.6) is 0 Å². The molecule has 2 aromatic heterocycles. The van der Waals surface area contributed by atoms with E-state index in [0.29, 0.717) is 39.3 Å². The lowest BCUT2D eigenvalue weighted by atomic mass is 9.83. The lowest BCUT2D eigenvalue weighted by Crippen LogP contribution is -2.11. The van der Waals surface area contributed by atoms with E-state index in [9.17, 15) is 21.0 Å². The Morgan fingerprint density at radius 3 is 1.39 bits per heavy atom. The van der Waals surface area contributed by atoms with Crippen LogP contribution in [0.3, 0.4) is 0 Å². The second-order valence-corrected chi connectivity index (χ2v) is 17.3. The predicted molar refractivity (Wildman–Crippen MR) is 270 cm³/mol. The van der Waals surface area contributed by atoms with Gasteiger partial charge in [0.05, 0.1) is 73.9 Å². The van der Waals surface area contributed by atoms with Crippen molar-refractivity contribution in [3.63, 3.8) is 0 Å². The summed E-state index contributed by atoms with van der Waals surface area (Å²) in [6.45, 7) is 2.28. The molecular formula is C61H36N6. The molecule has 0 radical (unpaired) electrons. The Bertz CT molecular complexity index is 4100. The van der Waals surface area contributed by atoms with Crippen molar-refractivity contribution in [2.75, 3.05) is 0 Å². The number of benzene rings is 9. The predicted octanol–water partition coefficient (Wildman–Crippen LogP) is 15.0. The van der Waals surface area contributed by atoms with Crippen LogP contribution >= 0.6 is 0 Å². The van der Waals surface area contributed by atoms with Crippen LogP contribution in [0.2, 0.25) is 0 Å². The highest BCUT2D eigenvalue weighted by Gasteiger charge is 2.33. The fourth-order valence-corrected chi connectivity index (χ4v) is 10.5. The Balaban J connectivity index is 1.40. The van der Waals surface area contributed by atoms with E-state index < -0.39 is 0 Å². The van der Waals surface area contributed by atoms with Crippen molar-refractivity contribution in [1.29, 1.82) is 21.0 Å². The molecule has 0 N–H and O–H groups in total. The summed E-state index contributed by atoms with van der Waals surface area (Å²) in [5, 5.41) is 48.8. The summed E-state index contributed by atoms with van der Waals surface area (Å²) in [7, 11) is 0. The van der Waals surface area contributed by atoms with Crippen LogP contribution < -0.4 is 0 Å². The first kappa shape index (κ1) is 39.2. The molecule has 1 aliphatic rings. The van der Waals surface area contributed by atoms with E-state index >= 15 is 0 Å². The zero-order valence-electron chi connectivity index (χ0n) is 36.3. The topological polar surface area (TPSA) is 105 Å². The Morgan fingerprint density at radius 2 is 0.881 bits per heavy atom. The third-order valence-electron chi connectivity index (χ3n) is 13.6. The third kappa shape index (κ3) is 5.99. The summed E-state index contributed by atoms with van der Waals surface area (Å²) in [5.74, 6) is 0.338. The number of hydrogen-bond donors (Lipinski definition) is 0. The molecule has 2 heterocycles. The zero-order valence-corrected chi connectivity index (χ0v) is 36.3. The highest BCUT2D eigenvalue weighted by Crippen LogP contribution is 2.52. The molecule has 0 saturated heterocycles. The lowest BCUT2D eigenvalue weighted by Gasteiger charge is -2.28. The van der Waals surface area contributed by atoms with E-state index in [1.165, 1.54) is 5.56 Å². The quantitative estimate of drug-likeness (QED) is 0.172. The van der Waals surface area contributed by atoms with Crippen LogP contribution in [-0.4, -0.2) is 9.13 Å². The first-order chi connectivity index (χ1) is 33.0. The first-order valence-corrected chi connectivity index (χ1v) is 22.3. The van der Waals surface area contributed by atoms with Gasteiger partial charge in [0.2, 0.25) is 0 Å². The van der Waals surface area contributed by atoms with Gasteiger partial charge in [0.15, 0.2) is 0 Å². The van der Waals surface area contributed by atoms with Crippen molar-refractivity contribution in [3.05, 3.63) is 209 Å². The normalized spacial score (nSPS) is 13.1. The number of aromatic nitrogens is 2. The van der Waals surface area contributed by atoms with Crippen molar-refractivity contribution < 1.29 is 0 Å². The summed E-state index contributed by atoms with van der Waals surface area (Å²) in [5.41, 5.74) is 14.4. The second-order valence-electron chi connectivity index (χ2n) is 17.3. The van der Waals surface area contributed by atoms with Gasteiger partial charge in [-0.15, -0.1) is 0 Å². The number of rotatable bonds is 5. The van der Waals surface area contributed by atoms with Crippen LogP contribution in [-0.2, 0) is 0 Å². The first-order valence-electron chi connectivity index (χ1n) is 22.3. The van der Waals surface area contributed by atoms with Gasteiger partial charge in [-0.05, 0) is 124 Å². The number of hydrogen-bond acceptors (Lipinski definition) is 4. The number of nitriles is 4. The van der Waals surface area contributed by atoms with Gasteiger partial charge >= 0.3 is 0 Å². The zero-order chi connectivity index (χ0) is 45.3. The van der Waals surface area contributed by atoms with Crippen LogP contribution in [0.1, 0.15) is 52.6 Å². The standard InChI is InChI=1S/C61H36N6/c1-37-9-8-12-46-31-56-51(32-49(37)46)48-14-5-7-16-54(48)67(56)61-58(42-25-19-39(34-63)20-26-42)52(36-65)57(41-23-17-38(33-62)18-24-41)60(59(61)43-27-21-40(35-64)22-28-43)66-53-15-6-4-13-47(53)50-29-44-10-2-3-11-45(44)30-55(50)66/h2-8,10-32,37H,9H2,1H3. The molecule has 0 fully saturated rings. The maximum atomic E-state index is 12.1. The molecule has 310 valence electrons. The molecule has 0 amide bonds. The minimum absolute atomic E-state index is 0.338. The smallest absolute Gasteiger partial charge is 0.101 e. The van der Waals surface area contributed by atoms with Gasteiger partial charge < -0.3 is 9.13 Å². The molecule has 0 bridgehead atoms. The summed E-state index contributed by atoms with van der Waals surface area (Å²) in [6.07, 6.45) is 5.44. The van der Waals surface area contributed by atoms with Gasteiger partial charge in [-0.2, -0.15) is 21.0 Å². The molecular weight excluding hydrogens is 817 g/mol. The minimum Gasteiger partial charge on any atom is -0.308 e. The fraction of sp³-hybridized carbons (Fsp3) is 0.0492. The van der Waals surface area contributed by atoms with Gasteiger partial charge in [0.1, 0.15) is 6.07 Å². The van der Waals surface area contributed by atoms with Crippen molar-refractivity contribution in [1.82, 2.24) is 9.13 Å². The Kier molecular flexibility index (Phi) is 8.98. The summed E-state index contributed by atoms with van der Waals surface area (Å²) in [4.78, 5) is 0. The van der Waals surface area contributed by atoms with E-state index in [4.69, 9.17) is 0 Å². The molecule has 1 aliphatic carbocycles. The monoisotopic (exact) mass is 852 g/mol. The maximum absolute atomic E-state index is 12.1. The number of para-hydroxylation sites is 2. The number of nitrogens with zero attached hydrogens (tertiary/aromatic N) is 6. The van der Waals surface area contributed by atoms with Gasteiger partial charge in [-0.1, -0.05) is 116 Å². The molecule has 67 heavy (non-hydrogen) atoms. The van der Waals surface area contributed by atoms with Crippen molar-refractivity contribution in [2.24, 2.45) is 0 Å². The lowest BCUT2D eigenvalue weighted by molar-refractivity contribution is 0.773. The number of fused-ring (bicyclic) bond motifs is 8. The van der Waals surface area contributed by atoms with E-state index in [0.717, 1.165) is 100.0 Å². The molecule has 1 unspecified atom stereocenters. The highest BCUT2D eigenvalue weighted by molar-refractivity contribution is 6.17. The minimum atomic E-state index is 0.338. The number of allylic oxidation sites excluding steroid dienone is 1. The van der Waals surface area contributed by atoms with Crippen LogP contribution in [0.4, 0.5) is 0 Å². The molecule has 0 aliphatic heterocycles. The van der Waals surface area contributed by atoms with Gasteiger partial charge in [0, 0.05) is 38.2 Å². The Hall–Kier alpha value is -9.46. The van der Waals surface area contributed by atoms with E-state index in [1.807, 2.05) is 60.7 Å². The summed E-state index contributed by atoms with van der Waals surface area (Å²) < 4.78 is 4.67. The van der Waals surface area contributed by atoms with E-state index in [-0.39, 0.29) is 0 Å². The average Bonchev–Trinajstić information content (AvgIpc) is 3.88. The molecule has 9 aromatic carbocycles. The fourth-order valence-electron chi connectivity index (χ4n) is 10.5. The maximum Gasteiger partial charge on any atom is 0.101 e. The third-order valence-corrected chi connectivity index (χ3v) is 13.6.